The highest BCUT2D eigenvalue weighted by Gasteiger charge is 2.54. The molecule has 4 N–H and O–H groups in total. The Morgan fingerprint density at radius 3 is 2.68 bits per heavy atom. The van der Waals surface area contributed by atoms with E-state index in [4.69, 9.17) is 5.11 Å². The van der Waals surface area contributed by atoms with Crippen LogP contribution in [0.2, 0.25) is 0 Å². The minimum absolute atomic E-state index is 0.0890. The Hall–Kier alpha value is -1.95. The predicted octanol–water partition coefficient (Wildman–Crippen LogP) is -2.51. The van der Waals surface area contributed by atoms with Crippen LogP contribution in [0.5, 0.6) is 0 Å². The summed E-state index contributed by atoms with van der Waals surface area (Å²) in [5.41, 5.74) is -3.17. The normalized spacial score (nSPS) is 34.1. The second-order valence-corrected chi connectivity index (χ2v) is 4.60. The van der Waals surface area contributed by atoms with Crippen LogP contribution in [-0.2, 0) is 5.54 Å². The molecule has 0 saturated heterocycles. The van der Waals surface area contributed by atoms with Crippen LogP contribution in [0.1, 0.15) is 6.42 Å². The summed E-state index contributed by atoms with van der Waals surface area (Å²) in [7, 11) is 0. The molecule has 19 heavy (non-hydrogen) atoms. The zero-order valence-electron chi connectivity index (χ0n) is 9.85. The van der Waals surface area contributed by atoms with Crippen molar-refractivity contribution in [2.24, 2.45) is 5.92 Å². The van der Waals surface area contributed by atoms with Crippen molar-refractivity contribution in [3.63, 3.8) is 0 Å². The van der Waals surface area contributed by atoms with Crippen LogP contribution in [0, 0.1) is 17.2 Å². The Balaban J connectivity index is 2.59. The summed E-state index contributed by atoms with van der Waals surface area (Å²) in [5.74, 6) is -0.714. The molecule has 1 aromatic rings. The van der Waals surface area contributed by atoms with Crippen LogP contribution in [0.25, 0.3) is 0 Å². The second kappa shape index (κ2) is 4.62. The van der Waals surface area contributed by atoms with Crippen LogP contribution in [0.15, 0.2) is 21.9 Å². The maximum absolute atomic E-state index is 11.7. The Labute approximate surface area is 107 Å². The standard InChI is InChI=1S/C11H13N3O5/c12-5-11(3-6(4-15)8(17)9(11)18)14-2-1-7(16)13-10(14)19/h1-2,6,8-9,15,17-18H,3-4H2,(H,13,16,19)/t6-,8?,9?,11+/m1/s1. The largest absolute Gasteiger partial charge is 0.396 e. The highest BCUT2D eigenvalue weighted by molar-refractivity contribution is 5.18. The molecule has 102 valence electrons. The van der Waals surface area contributed by atoms with Gasteiger partial charge in [0.25, 0.3) is 5.56 Å². The summed E-state index contributed by atoms with van der Waals surface area (Å²) in [6, 6.07) is 2.87. The molecule has 2 unspecified atom stereocenters. The van der Waals surface area contributed by atoms with Crippen molar-refractivity contribution in [3.05, 3.63) is 33.1 Å². The third-order valence-corrected chi connectivity index (χ3v) is 3.55. The molecule has 1 aromatic heterocycles. The van der Waals surface area contributed by atoms with Gasteiger partial charge in [0.05, 0.1) is 12.2 Å². The predicted molar refractivity (Wildman–Crippen MR) is 62.1 cm³/mol. The number of nitriles is 1. The molecule has 1 aliphatic carbocycles. The Morgan fingerprint density at radius 2 is 2.21 bits per heavy atom. The summed E-state index contributed by atoms with van der Waals surface area (Å²) >= 11 is 0. The zero-order chi connectivity index (χ0) is 14.2. The molecule has 0 bridgehead atoms. The van der Waals surface area contributed by atoms with Crippen LogP contribution >= 0.6 is 0 Å². The van der Waals surface area contributed by atoms with Gasteiger partial charge < -0.3 is 15.3 Å². The number of rotatable bonds is 2. The molecular weight excluding hydrogens is 254 g/mol. The fourth-order valence-electron chi connectivity index (χ4n) is 2.49. The lowest BCUT2D eigenvalue weighted by Crippen LogP contribution is -2.49. The smallest absolute Gasteiger partial charge is 0.329 e. The number of aromatic amines is 1. The summed E-state index contributed by atoms with van der Waals surface area (Å²) in [4.78, 5) is 24.7. The molecule has 1 fully saturated rings. The summed E-state index contributed by atoms with van der Waals surface area (Å²) in [6.45, 7) is -0.417. The monoisotopic (exact) mass is 267 g/mol. The average molecular weight is 267 g/mol. The van der Waals surface area contributed by atoms with Crippen molar-refractivity contribution in [1.29, 1.82) is 5.26 Å². The van der Waals surface area contributed by atoms with Crippen LogP contribution in [-0.4, -0.2) is 43.7 Å². The van der Waals surface area contributed by atoms with Crippen molar-refractivity contribution in [3.8, 4) is 6.07 Å². The minimum atomic E-state index is -1.70. The lowest BCUT2D eigenvalue weighted by Gasteiger charge is -2.27. The Bertz CT molecular complexity index is 630. The lowest BCUT2D eigenvalue weighted by atomic mass is 9.95. The highest BCUT2D eigenvalue weighted by Crippen LogP contribution is 2.39. The van der Waals surface area contributed by atoms with Gasteiger partial charge in [0, 0.05) is 24.8 Å². The van der Waals surface area contributed by atoms with Crippen LogP contribution in [0.3, 0.4) is 0 Å². The van der Waals surface area contributed by atoms with Crippen LogP contribution < -0.4 is 11.2 Å². The molecule has 0 spiro atoms. The van der Waals surface area contributed by atoms with Gasteiger partial charge >= 0.3 is 5.69 Å². The van der Waals surface area contributed by atoms with Crippen molar-refractivity contribution < 1.29 is 15.3 Å². The number of aromatic nitrogens is 2. The molecule has 0 aliphatic heterocycles. The molecule has 8 heteroatoms. The van der Waals surface area contributed by atoms with Crippen molar-refractivity contribution in [1.82, 2.24) is 9.55 Å². The molecule has 1 heterocycles. The maximum Gasteiger partial charge on any atom is 0.329 e. The van der Waals surface area contributed by atoms with Gasteiger partial charge in [-0.15, -0.1) is 0 Å². The van der Waals surface area contributed by atoms with Gasteiger partial charge in [-0.05, 0) is 6.42 Å². The van der Waals surface area contributed by atoms with E-state index in [-0.39, 0.29) is 6.42 Å². The number of hydrogen-bond donors (Lipinski definition) is 4. The first-order valence-corrected chi connectivity index (χ1v) is 5.67. The van der Waals surface area contributed by atoms with Crippen molar-refractivity contribution in [2.75, 3.05) is 6.61 Å². The van der Waals surface area contributed by atoms with E-state index in [1.165, 1.54) is 0 Å². The van der Waals surface area contributed by atoms with E-state index in [9.17, 15) is 25.1 Å². The number of nitrogens with zero attached hydrogens (tertiary/aromatic N) is 2. The average Bonchev–Trinajstić information content (AvgIpc) is 2.64. The molecule has 2 rings (SSSR count). The van der Waals surface area contributed by atoms with Crippen molar-refractivity contribution >= 4 is 0 Å². The summed E-state index contributed by atoms with van der Waals surface area (Å²) < 4.78 is 0.887. The topological polar surface area (TPSA) is 139 Å². The van der Waals surface area contributed by atoms with Gasteiger partial charge in [-0.3, -0.25) is 14.3 Å². The number of nitrogens with one attached hydrogen (secondary N) is 1. The quantitative estimate of drug-likeness (QED) is 0.466. The molecule has 0 radical (unpaired) electrons. The Morgan fingerprint density at radius 1 is 1.53 bits per heavy atom. The minimum Gasteiger partial charge on any atom is -0.396 e. The first-order chi connectivity index (χ1) is 8.96. The molecule has 1 saturated carbocycles. The third kappa shape index (κ3) is 1.88. The van der Waals surface area contributed by atoms with E-state index in [0.29, 0.717) is 0 Å². The molecule has 4 atom stereocenters. The van der Waals surface area contributed by atoms with Gasteiger partial charge in [0.2, 0.25) is 0 Å². The first-order valence-electron chi connectivity index (χ1n) is 5.67. The molecule has 8 nitrogen and oxygen atoms in total. The second-order valence-electron chi connectivity index (χ2n) is 4.60. The molecule has 0 amide bonds. The fraction of sp³-hybridized carbons (Fsp3) is 0.545. The van der Waals surface area contributed by atoms with Gasteiger partial charge in [0.15, 0.2) is 5.54 Å². The van der Waals surface area contributed by atoms with E-state index < -0.39 is 41.5 Å². The third-order valence-electron chi connectivity index (χ3n) is 3.55. The SMILES string of the molecule is N#C[C@@]1(n2ccc(=O)[nH]c2=O)C[C@H](CO)C(O)C1O. The van der Waals surface area contributed by atoms with E-state index in [0.717, 1.165) is 16.8 Å². The summed E-state index contributed by atoms with van der Waals surface area (Å²) in [6.07, 6.45) is -1.84. The molecular formula is C11H13N3O5. The Kier molecular flexibility index (Phi) is 3.28. The van der Waals surface area contributed by atoms with Gasteiger partial charge in [0.1, 0.15) is 6.10 Å². The van der Waals surface area contributed by atoms with Crippen LogP contribution in [0.4, 0.5) is 0 Å². The number of aliphatic hydroxyl groups is 3. The molecule has 1 aliphatic rings. The molecule has 0 aromatic carbocycles. The lowest BCUT2D eigenvalue weighted by molar-refractivity contribution is -0.0169. The van der Waals surface area contributed by atoms with E-state index in [2.05, 4.69) is 0 Å². The summed E-state index contributed by atoms with van der Waals surface area (Å²) in [5, 5.41) is 38.2. The van der Waals surface area contributed by atoms with Gasteiger partial charge in [-0.25, -0.2) is 4.79 Å². The fourth-order valence-corrected chi connectivity index (χ4v) is 2.49. The zero-order valence-corrected chi connectivity index (χ0v) is 9.85. The van der Waals surface area contributed by atoms with E-state index in [1.807, 2.05) is 11.1 Å². The van der Waals surface area contributed by atoms with Gasteiger partial charge in [-0.2, -0.15) is 5.26 Å². The number of aliphatic hydroxyl groups excluding tert-OH is 3. The first kappa shape index (κ1) is 13.5. The number of H-pyrrole nitrogens is 1. The van der Waals surface area contributed by atoms with Gasteiger partial charge in [-0.1, -0.05) is 0 Å². The number of hydrogen-bond acceptors (Lipinski definition) is 6. The highest BCUT2D eigenvalue weighted by atomic mass is 16.3. The van der Waals surface area contributed by atoms with E-state index >= 15 is 0 Å². The van der Waals surface area contributed by atoms with Crippen molar-refractivity contribution in [2.45, 2.75) is 24.2 Å². The van der Waals surface area contributed by atoms with E-state index in [1.54, 1.807) is 0 Å². The maximum atomic E-state index is 11.7.